The Kier molecular flexibility index (Phi) is 5.21. The van der Waals surface area contributed by atoms with E-state index in [1.807, 2.05) is 14.0 Å². The van der Waals surface area contributed by atoms with Crippen LogP contribution in [0.5, 0.6) is 0 Å². The molecular formula is C20H22N6O2. The SMILES string of the molecule is C=CC(=N/C(=C\C)c1nncn1C)N1Cc2cc(C(=O)N(C)C)ccc2C1=O. The van der Waals surface area contributed by atoms with Crippen LogP contribution >= 0.6 is 0 Å². The quantitative estimate of drug-likeness (QED) is 0.603. The number of rotatable bonds is 4. The van der Waals surface area contributed by atoms with Crippen LogP contribution in [0.25, 0.3) is 5.70 Å². The number of nitrogens with zero attached hydrogens (tertiary/aromatic N) is 6. The van der Waals surface area contributed by atoms with Gasteiger partial charge in [-0.2, -0.15) is 0 Å². The van der Waals surface area contributed by atoms with Crippen molar-refractivity contribution in [1.29, 1.82) is 0 Å². The normalized spacial score (nSPS) is 14.3. The lowest BCUT2D eigenvalue weighted by atomic mass is 10.1. The number of amidine groups is 1. The summed E-state index contributed by atoms with van der Waals surface area (Å²) in [6.07, 6.45) is 4.92. The highest BCUT2D eigenvalue weighted by Crippen LogP contribution is 2.26. The van der Waals surface area contributed by atoms with Crippen LogP contribution in [-0.2, 0) is 13.6 Å². The molecule has 1 aromatic heterocycles. The second-order valence-electron chi connectivity index (χ2n) is 6.58. The number of amides is 2. The molecule has 0 unspecified atom stereocenters. The summed E-state index contributed by atoms with van der Waals surface area (Å²) in [6.45, 7) is 5.97. The maximum Gasteiger partial charge on any atom is 0.260 e. The van der Waals surface area contributed by atoms with Crippen LogP contribution in [0, 0.1) is 0 Å². The van der Waals surface area contributed by atoms with Gasteiger partial charge in [-0.05, 0) is 36.8 Å². The smallest absolute Gasteiger partial charge is 0.260 e. The highest BCUT2D eigenvalue weighted by Gasteiger charge is 2.31. The van der Waals surface area contributed by atoms with Gasteiger partial charge in [0, 0.05) is 32.3 Å². The van der Waals surface area contributed by atoms with Crippen molar-refractivity contribution in [2.75, 3.05) is 14.1 Å². The number of allylic oxidation sites excluding steroid dienone is 1. The Hall–Kier alpha value is -3.55. The molecule has 8 nitrogen and oxygen atoms in total. The molecular weight excluding hydrogens is 356 g/mol. The first-order chi connectivity index (χ1) is 13.4. The zero-order chi connectivity index (χ0) is 20.4. The minimum absolute atomic E-state index is 0.107. The lowest BCUT2D eigenvalue weighted by molar-refractivity contribution is 0.0826. The number of hydrogen-bond donors (Lipinski definition) is 0. The van der Waals surface area contributed by atoms with Gasteiger partial charge in [-0.1, -0.05) is 12.7 Å². The second-order valence-corrected chi connectivity index (χ2v) is 6.58. The summed E-state index contributed by atoms with van der Waals surface area (Å²) in [7, 11) is 5.21. The molecule has 2 amide bonds. The average Bonchev–Trinajstić information content (AvgIpc) is 3.25. The molecule has 1 aliphatic heterocycles. The summed E-state index contributed by atoms with van der Waals surface area (Å²) in [6, 6.07) is 5.12. The van der Waals surface area contributed by atoms with Crippen LogP contribution in [0.3, 0.4) is 0 Å². The van der Waals surface area contributed by atoms with E-state index in [0.717, 1.165) is 5.56 Å². The predicted molar refractivity (Wildman–Crippen MR) is 107 cm³/mol. The maximum absolute atomic E-state index is 12.9. The van der Waals surface area contributed by atoms with Crippen molar-refractivity contribution >= 4 is 23.3 Å². The fraction of sp³-hybridized carbons (Fsp3) is 0.250. The average molecular weight is 378 g/mol. The molecule has 1 aliphatic rings. The lowest BCUT2D eigenvalue weighted by Gasteiger charge is -2.16. The maximum atomic E-state index is 12.9. The molecule has 0 radical (unpaired) electrons. The minimum Gasteiger partial charge on any atom is -0.345 e. The minimum atomic E-state index is -0.175. The summed E-state index contributed by atoms with van der Waals surface area (Å²) in [5, 5.41) is 7.93. The van der Waals surface area contributed by atoms with E-state index in [0.29, 0.717) is 35.0 Å². The van der Waals surface area contributed by atoms with Crippen molar-refractivity contribution in [1.82, 2.24) is 24.6 Å². The standard InChI is InChI=1S/C20H22N6O2/c1-6-16(18-23-21-12-25(18)5)22-17(7-2)26-11-14-10-13(19(27)24(3)4)8-9-15(14)20(26)28/h6-10,12H,2,11H2,1,3-5H3/b16-6-,22-17?. The summed E-state index contributed by atoms with van der Waals surface area (Å²) >= 11 is 0. The first-order valence-electron chi connectivity index (χ1n) is 8.75. The van der Waals surface area contributed by atoms with Gasteiger partial charge < -0.3 is 9.47 Å². The van der Waals surface area contributed by atoms with Gasteiger partial charge in [0.1, 0.15) is 17.9 Å². The Morgan fingerprint density at radius 2 is 2.11 bits per heavy atom. The number of hydrogen-bond acceptors (Lipinski definition) is 5. The lowest BCUT2D eigenvalue weighted by Crippen LogP contribution is -2.29. The molecule has 0 saturated heterocycles. The molecule has 0 aliphatic carbocycles. The van der Waals surface area contributed by atoms with E-state index in [-0.39, 0.29) is 11.8 Å². The van der Waals surface area contributed by atoms with E-state index in [4.69, 9.17) is 0 Å². The van der Waals surface area contributed by atoms with Gasteiger partial charge in [0.25, 0.3) is 11.8 Å². The van der Waals surface area contributed by atoms with E-state index < -0.39 is 0 Å². The van der Waals surface area contributed by atoms with E-state index in [1.54, 1.807) is 54.2 Å². The Bertz CT molecular complexity index is 1020. The first-order valence-corrected chi connectivity index (χ1v) is 8.75. The van der Waals surface area contributed by atoms with Crippen molar-refractivity contribution < 1.29 is 9.59 Å². The number of benzene rings is 1. The van der Waals surface area contributed by atoms with Crippen molar-refractivity contribution in [2.24, 2.45) is 12.0 Å². The van der Waals surface area contributed by atoms with Gasteiger partial charge in [-0.3, -0.25) is 14.5 Å². The van der Waals surface area contributed by atoms with Crippen LogP contribution in [0.2, 0.25) is 0 Å². The number of carbonyl (C=O) groups is 2. The van der Waals surface area contributed by atoms with Crippen LogP contribution in [0.15, 0.2) is 48.2 Å². The largest absolute Gasteiger partial charge is 0.345 e. The zero-order valence-corrected chi connectivity index (χ0v) is 16.4. The number of aryl methyl sites for hydroxylation is 1. The van der Waals surface area contributed by atoms with Crippen LogP contribution < -0.4 is 0 Å². The number of aliphatic imine (C=N–C) groups is 1. The molecule has 0 fully saturated rings. The fourth-order valence-corrected chi connectivity index (χ4v) is 3.00. The molecule has 3 rings (SSSR count). The van der Waals surface area contributed by atoms with Crippen molar-refractivity contribution in [3.05, 3.63) is 65.8 Å². The Morgan fingerprint density at radius 1 is 1.36 bits per heavy atom. The van der Waals surface area contributed by atoms with Crippen molar-refractivity contribution in [2.45, 2.75) is 13.5 Å². The molecule has 2 aromatic rings. The Balaban J connectivity index is 1.94. The second kappa shape index (κ2) is 7.59. The Labute approximate surface area is 163 Å². The van der Waals surface area contributed by atoms with Crippen LogP contribution in [0.1, 0.15) is 39.0 Å². The zero-order valence-electron chi connectivity index (χ0n) is 16.4. The molecule has 28 heavy (non-hydrogen) atoms. The van der Waals surface area contributed by atoms with Crippen LogP contribution in [0.4, 0.5) is 0 Å². The van der Waals surface area contributed by atoms with E-state index in [2.05, 4.69) is 21.8 Å². The van der Waals surface area contributed by atoms with Gasteiger partial charge >= 0.3 is 0 Å². The summed E-state index contributed by atoms with van der Waals surface area (Å²) in [5.74, 6) is 0.721. The Morgan fingerprint density at radius 3 is 2.68 bits per heavy atom. The molecule has 8 heteroatoms. The molecule has 144 valence electrons. The monoisotopic (exact) mass is 378 g/mol. The number of carbonyl (C=O) groups excluding carboxylic acids is 2. The fourth-order valence-electron chi connectivity index (χ4n) is 3.00. The topological polar surface area (TPSA) is 83.7 Å². The third-order valence-corrected chi connectivity index (χ3v) is 4.47. The summed E-state index contributed by atoms with van der Waals surface area (Å²) in [5.41, 5.74) is 2.48. The third kappa shape index (κ3) is 3.36. The van der Waals surface area contributed by atoms with Gasteiger partial charge in [0.2, 0.25) is 0 Å². The van der Waals surface area contributed by atoms with E-state index >= 15 is 0 Å². The third-order valence-electron chi connectivity index (χ3n) is 4.47. The molecule has 0 bridgehead atoms. The van der Waals surface area contributed by atoms with Gasteiger partial charge in [-0.25, -0.2) is 4.99 Å². The summed E-state index contributed by atoms with van der Waals surface area (Å²) in [4.78, 5) is 32.7. The van der Waals surface area contributed by atoms with Crippen LogP contribution in [-0.4, -0.2) is 56.3 Å². The highest BCUT2D eigenvalue weighted by molar-refractivity contribution is 6.13. The molecule has 0 spiro atoms. The van der Waals surface area contributed by atoms with Crippen molar-refractivity contribution in [3.8, 4) is 0 Å². The predicted octanol–water partition coefficient (Wildman–Crippen LogP) is 2.12. The van der Waals surface area contributed by atoms with Gasteiger partial charge in [0.15, 0.2) is 5.82 Å². The highest BCUT2D eigenvalue weighted by atomic mass is 16.2. The number of fused-ring (bicyclic) bond motifs is 1. The van der Waals surface area contributed by atoms with E-state index in [1.165, 1.54) is 11.0 Å². The summed E-state index contributed by atoms with van der Waals surface area (Å²) < 4.78 is 1.75. The van der Waals surface area contributed by atoms with Gasteiger partial charge in [0.05, 0.1) is 6.54 Å². The number of aromatic nitrogens is 3. The molecule has 2 heterocycles. The molecule has 0 saturated carbocycles. The van der Waals surface area contributed by atoms with Gasteiger partial charge in [-0.15, -0.1) is 10.2 Å². The first kappa shape index (κ1) is 19.2. The molecule has 0 N–H and O–H groups in total. The van der Waals surface area contributed by atoms with Crippen molar-refractivity contribution in [3.63, 3.8) is 0 Å². The van der Waals surface area contributed by atoms with E-state index in [9.17, 15) is 9.59 Å². The molecule has 1 aromatic carbocycles. The molecule has 0 atom stereocenters.